The van der Waals surface area contributed by atoms with Crippen molar-refractivity contribution in [3.8, 4) is 5.75 Å². The van der Waals surface area contributed by atoms with Crippen LogP contribution in [0.3, 0.4) is 0 Å². The highest BCUT2D eigenvalue weighted by Gasteiger charge is 2.35. The first-order chi connectivity index (χ1) is 15.7. The van der Waals surface area contributed by atoms with Crippen LogP contribution in [0.2, 0.25) is 0 Å². The molecule has 1 fully saturated rings. The summed E-state index contributed by atoms with van der Waals surface area (Å²) in [6, 6.07) is 18.6. The van der Waals surface area contributed by atoms with E-state index in [9.17, 15) is 9.59 Å². The Morgan fingerprint density at radius 2 is 1.81 bits per heavy atom. The Hall–Kier alpha value is -3.74. The van der Waals surface area contributed by atoms with Crippen molar-refractivity contribution in [2.75, 3.05) is 25.0 Å². The number of furan rings is 1. The number of carbonyl (C=O) groups excluding carboxylic acids is 2. The first-order valence-electron chi connectivity index (χ1n) is 10.9. The Kier molecular flexibility index (Phi) is 5.54. The lowest BCUT2D eigenvalue weighted by molar-refractivity contribution is -0.132. The van der Waals surface area contributed by atoms with Crippen molar-refractivity contribution in [3.05, 3.63) is 83.8 Å². The maximum Gasteiger partial charge on any atom is 0.260 e. The van der Waals surface area contributed by atoms with Crippen LogP contribution in [0.25, 0.3) is 0 Å². The molecular weight excluding hydrogens is 406 g/mol. The molecule has 2 amide bonds. The summed E-state index contributed by atoms with van der Waals surface area (Å²) in [6.45, 7) is 1.86. The molecule has 0 bridgehead atoms. The zero-order valence-corrected chi connectivity index (χ0v) is 17.7. The van der Waals surface area contributed by atoms with Gasteiger partial charge in [0, 0.05) is 24.3 Å². The largest absolute Gasteiger partial charge is 0.483 e. The van der Waals surface area contributed by atoms with Gasteiger partial charge in [0.05, 0.1) is 18.4 Å². The molecule has 3 heterocycles. The van der Waals surface area contributed by atoms with Gasteiger partial charge in [-0.2, -0.15) is 0 Å². The highest BCUT2D eigenvalue weighted by Crippen LogP contribution is 2.37. The number of amides is 2. The Bertz CT molecular complexity index is 1110. The molecule has 164 valence electrons. The number of anilines is 1. The van der Waals surface area contributed by atoms with E-state index in [4.69, 9.17) is 9.15 Å². The fraction of sp³-hybridized carbons (Fsp3) is 0.280. The molecule has 1 unspecified atom stereocenters. The highest BCUT2D eigenvalue weighted by molar-refractivity contribution is 6.01. The average Bonchev–Trinajstić information content (AvgIpc) is 3.54. The van der Waals surface area contributed by atoms with Crippen molar-refractivity contribution in [1.29, 1.82) is 0 Å². The molecule has 0 aliphatic carbocycles. The van der Waals surface area contributed by atoms with E-state index >= 15 is 0 Å². The Balaban J connectivity index is 1.45. The van der Waals surface area contributed by atoms with Gasteiger partial charge < -0.3 is 24.3 Å². The van der Waals surface area contributed by atoms with Crippen molar-refractivity contribution in [2.45, 2.75) is 25.6 Å². The summed E-state index contributed by atoms with van der Waals surface area (Å²) in [5, 5.41) is 3.48. The molecule has 1 N–H and O–H groups in total. The molecule has 7 heteroatoms. The molecule has 3 aromatic rings. The zero-order valence-electron chi connectivity index (χ0n) is 17.7. The van der Waals surface area contributed by atoms with E-state index in [0.29, 0.717) is 23.6 Å². The monoisotopic (exact) mass is 431 g/mol. The topological polar surface area (TPSA) is 75.0 Å². The fourth-order valence-electron chi connectivity index (χ4n) is 4.31. The van der Waals surface area contributed by atoms with Crippen LogP contribution in [0.4, 0.5) is 5.69 Å². The molecule has 0 radical (unpaired) electrons. The number of fused-ring (bicyclic) bond motifs is 1. The van der Waals surface area contributed by atoms with Crippen molar-refractivity contribution >= 4 is 17.5 Å². The van der Waals surface area contributed by atoms with E-state index in [-0.39, 0.29) is 18.4 Å². The maximum absolute atomic E-state index is 13.4. The number of hydrogen-bond donors (Lipinski definition) is 1. The highest BCUT2D eigenvalue weighted by atomic mass is 16.5. The second-order valence-corrected chi connectivity index (χ2v) is 8.02. The summed E-state index contributed by atoms with van der Waals surface area (Å²) >= 11 is 0. The van der Waals surface area contributed by atoms with Crippen molar-refractivity contribution in [1.82, 2.24) is 9.80 Å². The summed E-state index contributed by atoms with van der Waals surface area (Å²) in [6.07, 6.45) is 3.21. The summed E-state index contributed by atoms with van der Waals surface area (Å²) in [7, 11) is 0. The summed E-state index contributed by atoms with van der Waals surface area (Å²) in [4.78, 5) is 29.5. The number of rotatable bonds is 6. The Morgan fingerprint density at radius 1 is 1.03 bits per heavy atom. The van der Waals surface area contributed by atoms with Gasteiger partial charge in [0.2, 0.25) is 0 Å². The third-order valence-corrected chi connectivity index (χ3v) is 5.95. The minimum Gasteiger partial charge on any atom is -0.483 e. The fourth-order valence-corrected chi connectivity index (χ4v) is 4.31. The molecule has 5 rings (SSSR count). The first kappa shape index (κ1) is 20.2. The van der Waals surface area contributed by atoms with Crippen LogP contribution in [0, 0.1) is 0 Å². The number of nitrogens with zero attached hydrogens (tertiary/aromatic N) is 2. The van der Waals surface area contributed by atoms with E-state index in [0.717, 1.165) is 37.2 Å². The molecular formula is C25H25N3O4. The van der Waals surface area contributed by atoms with Gasteiger partial charge in [0.15, 0.2) is 6.61 Å². The predicted molar refractivity (Wildman–Crippen MR) is 119 cm³/mol. The van der Waals surface area contributed by atoms with E-state index < -0.39 is 6.17 Å². The lowest BCUT2D eigenvalue weighted by Crippen LogP contribution is -2.42. The lowest BCUT2D eigenvalue weighted by Gasteiger charge is -2.38. The van der Waals surface area contributed by atoms with Gasteiger partial charge in [-0.05, 0) is 43.2 Å². The number of nitrogens with one attached hydrogen (secondary N) is 1. The average molecular weight is 431 g/mol. The molecule has 1 atom stereocenters. The smallest absolute Gasteiger partial charge is 0.260 e. The zero-order chi connectivity index (χ0) is 21.9. The minimum absolute atomic E-state index is 0.0113. The van der Waals surface area contributed by atoms with Crippen molar-refractivity contribution in [3.63, 3.8) is 0 Å². The molecule has 0 saturated carbocycles. The SMILES string of the molecule is O=C(COc1ccccc1C1Nc2ccccc2C(=O)N1Cc1ccco1)N1CCCC1. The minimum atomic E-state index is -0.472. The number of para-hydroxylation sites is 2. The predicted octanol–water partition coefficient (Wildman–Crippen LogP) is 4.05. The number of benzene rings is 2. The molecule has 1 saturated heterocycles. The second kappa shape index (κ2) is 8.78. The molecule has 1 aromatic heterocycles. The van der Waals surface area contributed by atoms with Crippen LogP contribution < -0.4 is 10.1 Å². The molecule has 32 heavy (non-hydrogen) atoms. The normalized spacial score (nSPS) is 17.8. The lowest BCUT2D eigenvalue weighted by atomic mass is 10.0. The Labute approximate surface area is 186 Å². The van der Waals surface area contributed by atoms with Gasteiger partial charge in [0.25, 0.3) is 11.8 Å². The quantitative estimate of drug-likeness (QED) is 0.637. The van der Waals surface area contributed by atoms with Gasteiger partial charge in [-0.1, -0.05) is 30.3 Å². The number of ether oxygens (including phenoxy) is 1. The van der Waals surface area contributed by atoms with E-state index in [1.165, 1.54) is 0 Å². The van der Waals surface area contributed by atoms with Gasteiger partial charge in [-0.15, -0.1) is 0 Å². The first-order valence-corrected chi connectivity index (χ1v) is 10.9. The van der Waals surface area contributed by atoms with Crippen LogP contribution in [0.1, 0.15) is 40.7 Å². The van der Waals surface area contributed by atoms with E-state index in [1.807, 2.05) is 59.5 Å². The van der Waals surface area contributed by atoms with Crippen LogP contribution in [0.15, 0.2) is 71.3 Å². The van der Waals surface area contributed by atoms with Gasteiger partial charge >= 0.3 is 0 Å². The van der Waals surface area contributed by atoms with E-state index in [2.05, 4.69) is 5.32 Å². The molecule has 0 spiro atoms. The second-order valence-electron chi connectivity index (χ2n) is 8.02. The number of likely N-dealkylation sites (tertiary alicyclic amines) is 1. The third-order valence-electron chi connectivity index (χ3n) is 5.95. The maximum atomic E-state index is 13.4. The van der Waals surface area contributed by atoms with Gasteiger partial charge in [-0.3, -0.25) is 9.59 Å². The summed E-state index contributed by atoms with van der Waals surface area (Å²) < 4.78 is 11.5. The third kappa shape index (κ3) is 3.93. The van der Waals surface area contributed by atoms with Crippen LogP contribution in [-0.4, -0.2) is 41.3 Å². The molecule has 2 aliphatic heterocycles. The Morgan fingerprint density at radius 3 is 2.62 bits per heavy atom. The summed E-state index contributed by atoms with van der Waals surface area (Å²) in [5.41, 5.74) is 2.16. The number of carbonyl (C=O) groups is 2. The number of hydrogen-bond acceptors (Lipinski definition) is 5. The van der Waals surface area contributed by atoms with Gasteiger partial charge in [-0.25, -0.2) is 0 Å². The standard InChI is InChI=1S/C25H25N3O4/c29-23(27-13-5-6-14-27)17-32-22-12-4-2-10-20(22)24-26-21-11-3-1-9-19(21)25(30)28(24)16-18-8-7-15-31-18/h1-4,7-12,15,24,26H,5-6,13-14,16-17H2. The van der Waals surface area contributed by atoms with Crippen molar-refractivity contribution in [2.24, 2.45) is 0 Å². The van der Waals surface area contributed by atoms with Crippen LogP contribution in [-0.2, 0) is 11.3 Å². The van der Waals surface area contributed by atoms with Crippen LogP contribution in [0.5, 0.6) is 5.75 Å². The van der Waals surface area contributed by atoms with E-state index in [1.54, 1.807) is 17.2 Å². The molecule has 2 aromatic carbocycles. The molecule has 2 aliphatic rings. The molecule has 7 nitrogen and oxygen atoms in total. The van der Waals surface area contributed by atoms with Crippen LogP contribution >= 0.6 is 0 Å². The van der Waals surface area contributed by atoms with Crippen molar-refractivity contribution < 1.29 is 18.7 Å². The van der Waals surface area contributed by atoms with Gasteiger partial charge in [0.1, 0.15) is 17.7 Å². The summed E-state index contributed by atoms with van der Waals surface area (Å²) in [5.74, 6) is 1.16.